The Balaban J connectivity index is 2.35. The van der Waals surface area contributed by atoms with Crippen LogP contribution in [0.4, 0.5) is 0 Å². The summed E-state index contributed by atoms with van der Waals surface area (Å²) in [6.07, 6.45) is 4.00. The van der Waals surface area contributed by atoms with E-state index in [4.69, 9.17) is 5.73 Å². The first-order chi connectivity index (χ1) is 6.72. The zero-order chi connectivity index (χ0) is 10.4. The van der Waals surface area contributed by atoms with Crippen LogP contribution in [0, 0.1) is 5.92 Å². The van der Waals surface area contributed by atoms with Crippen LogP contribution in [0.3, 0.4) is 0 Å². The monoisotopic (exact) mass is 196 g/mol. The van der Waals surface area contributed by atoms with E-state index in [9.17, 15) is 0 Å². The molecule has 1 aromatic heterocycles. The Morgan fingerprint density at radius 2 is 2.14 bits per heavy atom. The minimum Gasteiger partial charge on any atom is -0.330 e. The third-order valence-corrected chi connectivity index (χ3v) is 2.14. The number of H-pyrrole nitrogens is 1. The van der Waals surface area contributed by atoms with Crippen molar-refractivity contribution in [1.82, 2.24) is 15.2 Å². The van der Waals surface area contributed by atoms with E-state index in [0.717, 1.165) is 37.3 Å². The van der Waals surface area contributed by atoms with Gasteiger partial charge in [0.1, 0.15) is 5.82 Å². The van der Waals surface area contributed by atoms with Crippen molar-refractivity contribution >= 4 is 0 Å². The average Bonchev–Trinajstić information content (AvgIpc) is 2.59. The summed E-state index contributed by atoms with van der Waals surface area (Å²) in [4.78, 5) is 4.40. The molecule has 0 spiro atoms. The number of nitrogens with zero attached hydrogens (tertiary/aromatic N) is 2. The summed E-state index contributed by atoms with van der Waals surface area (Å²) in [7, 11) is 0. The van der Waals surface area contributed by atoms with Crippen molar-refractivity contribution in [3.8, 4) is 0 Å². The summed E-state index contributed by atoms with van der Waals surface area (Å²) in [6, 6.07) is 0. The summed E-state index contributed by atoms with van der Waals surface area (Å²) >= 11 is 0. The Morgan fingerprint density at radius 1 is 1.36 bits per heavy atom. The van der Waals surface area contributed by atoms with Gasteiger partial charge in [-0.15, -0.1) is 0 Å². The lowest BCUT2D eigenvalue weighted by molar-refractivity contribution is 0.575. The van der Waals surface area contributed by atoms with Gasteiger partial charge in [0.05, 0.1) is 0 Å². The van der Waals surface area contributed by atoms with Gasteiger partial charge in [0.2, 0.25) is 0 Å². The van der Waals surface area contributed by atoms with Crippen molar-refractivity contribution in [2.24, 2.45) is 11.7 Å². The third-order valence-electron chi connectivity index (χ3n) is 2.14. The summed E-state index contributed by atoms with van der Waals surface area (Å²) < 4.78 is 0. The predicted molar refractivity (Wildman–Crippen MR) is 56.9 cm³/mol. The van der Waals surface area contributed by atoms with Crippen LogP contribution in [0.5, 0.6) is 0 Å². The molecular formula is C10H20N4. The molecule has 1 aromatic rings. The second-order valence-electron chi connectivity index (χ2n) is 4.02. The molecule has 3 N–H and O–H groups in total. The predicted octanol–water partition coefficient (Wildman–Crippen LogP) is 1.28. The smallest absolute Gasteiger partial charge is 0.150 e. The van der Waals surface area contributed by atoms with Crippen LogP contribution in [-0.4, -0.2) is 21.7 Å². The van der Waals surface area contributed by atoms with Gasteiger partial charge in [-0.3, -0.25) is 5.10 Å². The third kappa shape index (κ3) is 3.87. The highest BCUT2D eigenvalue weighted by molar-refractivity contribution is 4.90. The lowest BCUT2D eigenvalue weighted by atomic mass is 10.1. The summed E-state index contributed by atoms with van der Waals surface area (Å²) in [5.41, 5.74) is 5.42. The second kappa shape index (κ2) is 5.75. The molecule has 0 radical (unpaired) electrons. The molecule has 0 bridgehead atoms. The van der Waals surface area contributed by atoms with Crippen molar-refractivity contribution < 1.29 is 0 Å². The minimum absolute atomic E-state index is 0.709. The van der Waals surface area contributed by atoms with Gasteiger partial charge in [-0.1, -0.05) is 13.8 Å². The largest absolute Gasteiger partial charge is 0.330 e. The fraction of sp³-hybridized carbons (Fsp3) is 0.800. The molecule has 0 atom stereocenters. The molecule has 0 fully saturated rings. The number of rotatable bonds is 6. The molecule has 0 aliphatic rings. The van der Waals surface area contributed by atoms with E-state index in [-0.39, 0.29) is 0 Å². The van der Waals surface area contributed by atoms with Gasteiger partial charge in [0.15, 0.2) is 5.82 Å². The van der Waals surface area contributed by atoms with Gasteiger partial charge in [-0.2, -0.15) is 5.10 Å². The highest BCUT2D eigenvalue weighted by atomic mass is 15.2. The Morgan fingerprint density at radius 3 is 2.79 bits per heavy atom. The van der Waals surface area contributed by atoms with Crippen LogP contribution in [0.15, 0.2) is 0 Å². The van der Waals surface area contributed by atoms with Crippen molar-refractivity contribution in [2.45, 2.75) is 39.5 Å². The maximum absolute atomic E-state index is 5.42. The molecule has 14 heavy (non-hydrogen) atoms. The van der Waals surface area contributed by atoms with Gasteiger partial charge in [-0.25, -0.2) is 4.98 Å². The SMILES string of the molecule is CC(C)CCc1n[nH]c(CCCN)n1. The van der Waals surface area contributed by atoms with Gasteiger partial charge in [0.25, 0.3) is 0 Å². The van der Waals surface area contributed by atoms with E-state index in [1.165, 1.54) is 0 Å². The quantitative estimate of drug-likeness (QED) is 0.720. The van der Waals surface area contributed by atoms with E-state index in [2.05, 4.69) is 29.0 Å². The maximum atomic E-state index is 5.42. The van der Waals surface area contributed by atoms with Crippen LogP contribution in [0.1, 0.15) is 38.3 Å². The average molecular weight is 196 g/mol. The van der Waals surface area contributed by atoms with Crippen molar-refractivity contribution in [3.63, 3.8) is 0 Å². The fourth-order valence-electron chi connectivity index (χ4n) is 1.25. The van der Waals surface area contributed by atoms with E-state index in [0.29, 0.717) is 12.5 Å². The van der Waals surface area contributed by atoms with E-state index >= 15 is 0 Å². The maximum Gasteiger partial charge on any atom is 0.150 e. The molecular weight excluding hydrogens is 176 g/mol. The molecule has 4 heteroatoms. The number of aromatic nitrogens is 3. The van der Waals surface area contributed by atoms with Gasteiger partial charge in [0, 0.05) is 12.8 Å². The summed E-state index contributed by atoms with van der Waals surface area (Å²) in [5.74, 6) is 2.61. The Labute approximate surface area is 85.3 Å². The minimum atomic E-state index is 0.709. The summed E-state index contributed by atoms with van der Waals surface area (Å²) in [6.45, 7) is 5.13. The molecule has 1 rings (SSSR count). The van der Waals surface area contributed by atoms with Crippen molar-refractivity contribution in [2.75, 3.05) is 6.54 Å². The van der Waals surface area contributed by atoms with Crippen molar-refractivity contribution in [3.05, 3.63) is 11.6 Å². The number of nitrogens with one attached hydrogen (secondary N) is 1. The van der Waals surface area contributed by atoms with Crippen molar-refractivity contribution in [1.29, 1.82) is 0 Å². The van der Waals surface area contributed by atoms with Crippen LogP contribution in [0.2, 0.25) is 0 Å². The van der Waals surface area contributed by atoms with E-state index in [1.54, 1.807) is 0 Å². The van der Waals surface area contributed by atoms with E-state index in [1.807, 2.05) is 0 Å². The lowest BCUT2D eigenvalue weighted by Gasteiger charge is -1.99. The van der Waals surface area contributed by atoms with Gasteiger partial charge in [-0.05, 0) is 25.3 Å². The first-order valence-corrected chi connectivity index (χ1v) is 5.32. The standard InChI is InChI=1S/C10H20N4/c1-8(2)5-6-10-12-9(13-14-10)4-3-7-11/h8H,3-7,11H2,1-2H3,(H,12,13,14). The number of aromatic amines is 1. The highest BCUT2D eigenvalue weighted by Crippen LogP contribution is 2.05. The Hall–Kier alpha value is -0.900. The number of nitrogens with two attached hydrogens (primary N) is 1. The molecule has 0 amide bonds. The zero-order valence-corrected chi connectivity index (χ0v) is 9.08. The Bertz CT molecular complexity index is 254. The number of hydrogen-bond acceptors (Lipinski definition) is 3. The zero-order valence-electron chi connectivity index (χ0n) is 9.08. The lowest BCUT2D eigenvalue weighted by Crippen LogP contribution is -2.01. The van der Waals surface area contributed by atoms with Gasteiger partial charge >= 0.3 is 0 Å². The normalized spacial score (nSPS) is 11.1. The molecule has 0 unspecified atom stereocenters. The molecule has 0 aromatic carbocycles. The van der Waals surface area contributed by atoms with Crippen LogP contribution < -0.4 is 5.73 Å². The molecule has 80 valence electrons. The molecule has 4 nitrogen and oxygen atoms in total. The first-order valence-electron chi connectivity index (χ1n) is 5.32. The van der Waals surface area contributed by atoms with Crippen LogP contribution in [0.25, 0.3) is 0 Å². The highest BCUT2D eigenvalue weighted by Gasteiger charge is 2.03. The molecule has 1 heterocycles. The fourth-order valence-corrected chi connectivity index (χ4v) is 1.25. The second-order valence-corrected chi connectivity index (χ2v) is 4.02. The molecule has 0 saturated carbocycles. The molecule has 0 saturated heterocycles. The molecule has 0 aliphatic heterocycles. The summed E-state index contributed by atoms with van der Waals surface area (Å²) in [5, 5.41) is 7.11. The van der Waals surface area contributed by atoms with Gasteiger partial charge < -0.3 is 5.73 Å². The number of aryl methyl sites for hydroxylation is 2. The Kier molecular flexibility index (Phi) is 4.59. The number of hydrogen-bond donors (Lipinski definition) is 2. The first kappa shape index (κ1) is 11.2. The topological polar surface area (TPSA) is 67.6 Å². The van der Waals surface area contributed by atoms with E-state index < -0.39 is 0 Å². The molecule has 0 aliphatic carbocycles. The van der Waals surface area contributed by atoms with Crippen LogP contribution >= 0.6 is 0 Å². The van der Waals surface area contributed by atoms with Crippen LogP contribution in [-0.2, 0) is 12.8 Å².